The molecule has 0 aliphatic carbocycles. The van der Waals surface area contributed by atoms with E-state index in [9.17, 15) is 9.59 Å². The monoisotopic (exact) mass is 455 g/mol. The first-order valence-corrected chi connectivity index (χ1v) is 11.2. The van der Waals surface area contributed by atoms with Crippen molar-refractivity contribution in [2.24, 2.45) is 7.05 Å². The normalized spacial score (nSPS) is 11.1. The van der Waals surface area contributed by atoms with Gasteiger partial charge in [0.15, 0.2) is 4.77 Å². The minimum atomic E-state index is -0.186. The lowest BCUT2D eigenvalue weighted by Crippen LogP contribution is -2.25. The SMILES string of the molecule is Cn1c(=S)[nH]c2cc(C(=O)NCCCCCc3nc(-c4cccs4)no3)ccc2c1=O. The van der Waals surface area contributed by atoms with Gasteiger partial charge in [0.05, 0.1) is 15.8 Å². The number of thiophene rings is 1. The zero-order valence-corrected chi connectivity index (χ0v) is 18.5. The molecule has 3 aromatic heterocycles. The number of amides is 1. The molecule has 0 bridgehead atoms. The molecule has 4 aromatic rings. The number of aryl methyl sites for hydroxylation is 1. The second kappa shape index (κ2) is 9.36. The standard InChI is InChI=1S/C21H21N5O3S2/c1-26-20(28)14-9-8-13(12-15(14)23-21(26)30)19(27)22-10-4-2-3-7-17-24-18(25-29-17)16-6-5-11-31-16/h5-6,8-9,11-12H,2-4,7,10H2,1H3,(H,22,27)(H,23,30). The maximum Gasteiger partial charge on any atom is 0.261 e. The van der Waals surface area contributed by atoms with Crippen LogP contribution in [0.1, 0.15) is 35.5 Å². The van der Waals surface area contributed by atoms with Gasteiger partial charge in [-0.25, -0.2) is 0 Å². The Hall–Kier alpha value is -3.11. The molecule has 0 aliphatic rings. The average Bonchev–Trinajstić information content (AvgIpc) is 3.46. The van der Waals surface area contributed by atoms with Crippen molar-refractivity contribution >= 4 is 40.4 Å². The highest BCUT2D eigenvalue weighted by atomic mass is 32.1. The zero-order valence-electron chi connectivity index (χ0n) is 16.9. The molecule has 1 aromatic carbocycles. The van der Waals surface area contributed by atoms with Crippen molar-refractivity contribution in [1.29, 1.82) is 0 Å². The molecule has 160 valence electrons. The summed E-state index contributed by atoms with van der Waals surface area (Å²) in [7, 11) is 1.61. The molecule has 0 aliphatic heterocycles. The van der Waals surface area contributed by atoms with Gasteiger partial charge in [0, 0.05) is 25.6 Å². The maximum atomic E-state index is 12.4. The Morgan fingerprint density at radius 2 is 2.16 bits per heavy atom. The van der Waals surface area contributed by atoms with Gasteiger partial charge in [-0.15, -0.1) is 11.3 Å². The third kappa shape index (κ3) is 4.80. The van der Waals surface area contributed by atoms with Crippen molar-refractivity contribution in [1.82, 2.24) is 25.0 Å². The number of unbranched alkanes of at least 4 members (excludes halogenated alkanes) is 2. The van der Waals surface area contributed by atoms with Gasteiger partial charge in [0.1, 0.15) is 0 Å². The number of benzene rings is 1. The summed E-state index contributed by atoms with van der Waals surface area (Å²) in [5.74, 6) is 1.08. The summed E-state index contributed by atoms with van der Waals surface area (Å²) < 4.78 is 6.98. The highest BCUT2D eigenvalue weighted by Crippen LogP contribution is 2.21. The lowest BCUT2D eigenvalue weighted by molar-refractivity contribution is 0.0953. The first-order valence-electron chi connectivity index (χ1n) is 9.90. The van der Waals surface area contributed by atoms with Crippen LogP contribution in [0.2, 0.25) is 0 Å². The molecular formula is C21H21N5O3S2. The molecular weight excluding hydrogens is 434 g/mol. The molecule has 10 heteroatoms. The summed E-state index contributed by atoms with van der Waals surface area (Å²) in [4.78, 5) is 33.0. The number of carbonyl (C=O) groups is 1. The van der Waals surface area contributed by atoms with E-state index in [1.807, 2.05) is 17.5 Å². The van der Waals surface area contributed by atoms with Gasteiger partial charge in [-0.3, -0.25) is 14.2 Å². The Balaban J connectivity index is 1.24. The number of aromatic nitrogens is 4. The van der Waals surface area contributed by atoms with Gasteiger partial charge in [-0.1, -0.05) is 17.6 Å². The Bertz CT molecular complexity index is 1320. The van der Waals surface area contributed by atoms with E-state index >= 15 is 0 Å². The van der Waals surface area contributed by atoms with Crippen molar-refractivity contribution < 1.29 is 9.32 Å². The number of hydrogen-bond donors (Lipinski definition) is 2. The van der Waals surface area contributed by atoms with Crippen LogP contribution in [0.25, 0.3) is 21.6 Å². The Labute approximate surface area is 186 Å². The molecule has 3 heterocycles. The first kappa shape index (κ1) is 21.1. The third-order valence-corrected chi connectivity index (χ3v) is 6.17. The second-order valence-electron chi connectivity index (χ2n) is 7.11. The molecule has 2 N–H and O–H groups in total. The Kier molecular flexibility index (Phi) is 6.38. The molecule has 4 rings (SSSR count). The van der Waals surface area contributed by atoms with Crippen LogP contribution in [0.4, 0.5) is 0 Å². The van der Waals surface area contributed by atoms with E-state index in [1.54, 1.807) is 36.6 Å². The number of hydrogen-bond acceptors (Lipinski definition) is 7. The Morgan fingerprint density at radius 3 is 2.97 bits per heavy atom. The molecule has 0 unspecified atom stereocenters. The predicted octanol–water partition coefficient (Wildman–Crippen LogP) is 3.85. The summed E-state index contributed by atoms with van der Waals surface area (Å²) in [6, 6.07) is 8.87. The van der Waals surface area contributed by atoms with Crippen LogP contribution in [0.5, 0.6) is 0 Å². The number of nitrogens with one attached hydrogen (secondary N) is 2. The highest BCUT2D eigenvalue weighted by molar-refractivity contribution is 7.71. The Morgan fingerprint density at radius 1 is 1.29 bits per heavy atom. The fourth-order valence-electron chi connectivity index (χ4n) is 3.19. The van der Waals surface area contributed by atoms with Gasteiger partial charge in [-0.05, 0) is 54.7 Å². The summed E-state index contributed by atoms with van der Waals surface area (Å²) in [5, 5.41) is 9.39. The summed E-state index contributed by atoms with van der Waals surface area (Å²) in [6.45, 7) is 0.563. The van der Waals surface area contributed by atoms with Gasteiger partial charge in [0.25, 0.3) is 11.5 Å². The average molecular weight is 456 g/mol. The molecule has 0 radical (unpaired) electrons. The molecule has 0 saturated heterocycles. The third-order valence-electron chi connectivity index (χ3n) is 4.93. The minimum Gasteiger partial charge on any atom is -0.352 e. The number of fused-ring (bicyclic) bond motifs is 1. The van der Waals surface area contributed by atoms with Gasteiger partial charge in [0.2, 0.25) is 11.7 Å². The molecule has 31 heavy (non-hydrogen) atoms. The number of rotatable bonds is 8. The van der Waals surface area contributed by atoms with E-state index in [0.29, 0.717) is 45.9 Å². The van der Waals surface area contributed by atoms with E-state index in [0.717, 1.165) is 24.1 Å². The highest BCUT2D eigenvalue weighted by Gasteiger charge is 2.10. The minimum absolute atomic E-state index is 0.181. The lowest BCUT2D eigenvalue weighted by atomic mass is 10.1. The quantitative estimate of drug-likeness (QED) is 0.309. The lowest BCUT2D eigenvalue weighted by Gasteiger charge is -2.07. The van der Waals surface area contributed by atoms with Crippen LogP contribution >= 0.6 is 23.6 Å². The topological polar surface area (TPSA) is 106 Å². The van der Waals surface area contributed by atoms with Crippen LogP contribution in [0, 0.1) is 4.77 Å². The smallest absolute Gasteiger partial charge is 0.261 e. The maximum absolute atomic E-state index is 12.4. The molecule has 0 spiro atoms. The van der Waals surface area contributed by atoms with Crippen LogP contribution < -0.4 is 10.9 Å². The van der Waals surface area contributed by atoms with Crippen LogP contribution in [0.15, 0.2) is 45.0 Å². The summed E-state index contributed by atoms with van der Waals surface area (Å²) in [5.41, 5.74) is 0.857. The second-order valence-corrected chi connectivity index (χ2v) is 8.44. The molecule has 8 nitrogen and oxygen atoms in total. The van der Waals surface area contributed by atoms with Crippen LogP contribution in [0.3, 0.4) is 0 Å². The van der Waals surface area contributed by atoms with Crippen molar-refractivity contribution in [2.75, 3.05) is 6.54 Å². The van der Waals surface area contributed by atoms with Crippen molar-refractivity contribution in [3.63, 3.8) is 0 Å². The van der Waals surface area contributed by atoms with Crippen molar-refractivity contribution in [3.05, 3.63) is 62.3 Å². The van der Waals surface area contributed by atoms with Gasteiger partial charge >= 0.3 is 0 Å². The predicted molar refractivity (Wildman–Crippen MR) is 122 cm³/mol. The van der Waals surface area contributed by atoms with E-state index in [-0.39, 0.29) is 11.5 Å². The first-order chi connectivity index (χ1) is 15.0. The van der Waals surface area contributed by atoms with Gasteiger partial charge in [-0.2, -0.15) is 4.98 Å². The largest absolute Gasteiger partial charge is 0.352 e. The summed E-state index contributed by atoms with van der Waals surface area (Å²) in [6.07, 6.45) is 3.38. The number of nitrogens with zero attached hydrogens (tertiary/aromatic N) is 3. The molecule has 0 fully saturated rings. The van der Waals surface area contributed by atoms with Crippen LogP contribution in [-0.2, 0) is 13.5 Å². The molecule has 0 saturated carbocycles. The number of H-pyrrole nitrogens is 1. The van der Waals surface area contributed by atoms with E-state index in [1.165, 1.54) is 4.57 Å². The number of carbonyl (C=O) groups excluding carboxylic acids is 1. The van der Waals surface area contributed by atoms with E-state index < -0.39 is 0 Å². The fourth-order valence-corrected chi connectivity index (χ4v) is 4.03. The molecule has 0 atom stereocenters. The van der Waals surface area contributed by atoms with Crippen molar-refractivity contribution in [2.45, 2.75) is 25.7 Å². The van der Waals surface area contributed by atoms with Gasteiger partial charge < -0.3 is 14.8 Å². The van der Waals surface area contributed by atoms with Crippen LogP contribution in [-0.4, -0.2) is 32.1 Å². The fraction of sp³-hybridized carbons (Fsp3) is 0.286. The van der Waals surface area contributed by atoms with Crippen molar-refractivity contribution in [3.8, 4) is 10.7 Å². The van der Waals surface area contributed by atoms with E-state index in [4.69, 9.17) is 16.7 Å². The number of aromatic amines is 1. The van der Waals surface area contributed by atoms with E-state index in [2.05, 4.69) is 20.4 Å². The zero-order chi connectivity index (χ0) is 21.8. The molecule has 1 amide bonds. The summed E-state index contributed by atoms with van der Waals surface area (Å²) >= 11 is 6.72.